The molecule has 0 aliphatic carbocycles. The molecule has 0 aromatic carbocycles. The number of anilines is 1. The number of aryl methyl sites for hydroxylation is 1. The Kier molecular flexibility index (Phi) is 2.79. The van der Waals surface area contributed by atoms with Crippen molar-refractivity contribution >= 4 is 5.69 Å². The summed E-state index contributed by atoms with van der Waals surface area (Å²) in [5.41, 5.74) is 2.45. The number of methoxy groups -OCH3 is 1. The van der Waals surface area contributed by atoms with Crippen LogP contribution in [0.25, 0.3) is 0 Å². The van der Waals surface area contributed by atoms with Gasteiger partial charge >= 0.3 is 0 Å². The maximum absolute atomic E-state index is 5.54. The Morgan fingerprint density at radius 1 is 1.29 bits per heavy atom. The molecule has 2 fully saturated rings. The highest BCUT2D eigenvalue weighted by atomic mass is 16.5. The zero-order chi connectivity index (χ0) is 11.8. The number of piperidine rings is 1. The van der Waals surface area contributed by atoms with Crippen LogP contribution in [0.15, 0.2) is 18.3 Å². The zero-order valence-corrected chi connectivity index (χ0v) is 10.6. The van der Waals surface area contributed by atoms with E-state index in [4.69, 9.17) is 4.74 Å². The quantitative estimate of drug-likeness (QED) is 0.783. The summed E-state index contributed by atoms with van der Waals surface area (Å²) in [6.45, 7) is 2.06. The van der Waals surface area contributed by atoms with Crippen molar-refractivity contribution in [2.75, 3.05) is 12.0 Å². The maximum Gasteiger partial charge on any atom is 0.0610 e. The van der Waals surface area contributed by atoms with Gasteiger partial charge in [0.25, 0.3) is 0 Å². The second kappa shape index (κ2) is 4.30. The first-order chi connectivity index (χ1) is 8.28. The van der Waals surface area contributed by atoms with Crippen molar-refractivity contribution in [3.63, 3.8) is 0 Å². The molecule has 0 saturated carbocycles. The summed E-state index contributed by atoms with van der Waals surface area (Å²) in [5, 5.41) is 0. The van der Waals surface area contributed by atoms with Crippen molar-refractivity contribution in [2.45, 2.75) is 50.8 Å². The molecule has 2 bridgehead atoms. The van der Waals surface area contributed by atoms with Gasteiger partial charge in [-0.2, -0.15) is 0 Å². The van der Waals surface area contributed by atoms with E-state index in [0.29, 0.717) is 18.2 Å². The number of aromatic nitrogens is 1. The molecule has 3 heterocycles. The number of ether oxygens (including phenoxy) is 1. The monoisotopic (exact) mass is 232 g/mol. The molecule has 2 atom stereocenters. The number of fused-ring (bicyclic) bond motifs is 2. The molecule has 0 radical (unpaired) electrons. The number of nitrogens with zero attached hydrogens (tertiary/aromatic N) is 2. The average Bonchev–Trinajstić information content (AvgIpc) is 2.60. The number of hydrogen-bond donors (Lipinski definition) is 0. The minimum absolute atomic E-state index is 0.465. The van der Waals surface area contributed by atoms with E-state index in [1.54, 1.807) is 0 Å². The van der Waals surface area contributed by atoms with Gasteiger partial charge in [0.2, 0.25) is 0 Å². The Morgan fingerprint density at radius 2 is 2.00 bits per heavy atom. The minimum Gasteiger partial charge on any atom is -0.381 e. The highest BCUT2D eigenvalue weighted by molar-refractivity contribution is 5.50. The molecule has 1 aromatic heterocycles. The minimum atomic E-state index is 0.465. The third kappa shape index (κ3) is 1.93. The van der Waals surface area contributed by atoms with Crippen LogP contribution in [-0.2, 0) is 4.74 Å². The van der Waals surface area contributed by atoms with Crippen molar-refractivity contribution in [3.05, 3.63) is 24.0 Å². The van der Waals surface area contributed by atoms with Crippen LogP contribution < -0.4 is 4.90 Å². The van der Waals surface area contributed by atoms with Gasteiger partial charge in [-0.25, -0.2) is 0 Å². The average molecular weight is 232 g/mol. The van der Waals surface area contributed by atoms with E-state index in [-0.39, 0.29) is 0 Å². The van der Waals surface area contributed by atoms with Crippen molar-refractivity contribution in [1.82, 2.24) is 4.98 Å². The SMILES string of the molecule is COC1CC2CCC(C1)N2c1ccnc(C)c1. The van der Waals surface area contributed by atoms with E-state index in [1.165, 1.54) is 31.4 Å². The topological polar surface area (TPSA) is 25.4 Å². The fraction of sp³-hybridized carbons (Fsp3) is 0.643. The lowest BCUT2D eigenvalue weighted by atomic mass is 9.99. The van der Waals surface area contributed by atoms with Crippen LogP contribution in [-0.4, -0.2) is 30.3 Å². The fourth-order valence-electron chi connectivity index (χ4n) is 3.43. The molecule has 3 heteroatoms. The van der Waals surface area contributed by atoms with Crippen molar-refractivity contribution in [3.8, 4) is 0 Å². The largest absolute Gasteiger partial charge is 0.381 e. The van der Waals surface area contributed by atoms with Crippen LogP contribution in [0.1, 0.15) is 31.4 Å². The Balaban J connectivity index is 1.86. The number of pyridine rings is 1. The van der Waals surface area contributed by atoms with Gasteiger partial charge < -0.3 is 9.64 Å². The molecule has 0 N–H and O–H groups in total. The van der Waals surface area contributed by atoms with E-state index in [9.17, 15) is 0 Å². The standard InChI is InChI=1S/C14H20N2O/c1-10-7-13(5-6-15-10)16-11-3-4-12(16)9-14(8-11)17-2/h5-7,11-12,14H,3-4,8-9H2,1-2H3. The molecular weight excluding hydrogens is 212 g/mol. The van der Waals surface area contributed by atoms with Gasteiger partial charge in [0.15, 0.2) is 0 Å². The molecule has 92 valence electrons. The third-order valence-corrected chi connectivity index (χ3v) is 4.20. The number of rotatable bonds is 2. The lowest BCUT2D eigenvalue weighted by Gasteiger charge is -2.40. The van der Waals surface area contributed by atoms with Gasteiger partial charge in [-0.15, -0.1) is 0 Å². The Hall–Kier alpha value is -1.09. The summed E-state index contributed by atoms with van der Waals surface area (Å²) in [5.74, 6) is 0. The van der Waals surface area contributed by atoms with E-state index in [2.05, 4.69) is 28.9 Å². The molecule has 1 aromatic rings. The van der Waals surface area contributed by atoms with Gasteiger partial charge in [-0.05, 0) is 44.7 Å². The van der Waals surface area contributed by atoms with Crippen LogP contribution in [0.5, 0.6) is 0 Å². The molecule has 0 amide bonds. The normalized spacial score (nSPS) is 31.9. The van der Waals surface area contributed by atoms with Crippen LogP contribution in [0.2, 0.25) is 0 Å². The lowest BCUT2D eigenvalue weighted by molar-refractivity contribution is 0.0684. The van der Waals surface area contributed by atoms with Crippen molar-refractivity contribution in [1.29, 1.82) is 0 Å². The Bertz CT molecular complexity index is 393. The first-order valence-corrected chi connectivity index (χ1v) is 6.51. The van der Waals surface area contributed by atoms with E-state index in [1.807, 2.05) is 13.3 Å². The zero-order valence-electron chi connectivity index (χ0n) is 10.6. The van der Waals surface area contributed by atoms with Gasteiger partial charge in [0.05, 0.1) is 6.10 Å². The van der Waals surface area contributed by atoms with E-state index >= 15 is 0 Å². The smallest absolute Gasteiger partial charge is 0.0610 e. The molecule has 3 rings (SSSR count). The van der Waals surface area contributed by atoms with Gasteiger partial charge in [-0.3, -0.25) is 4.98 Å². The molecule has 2 unspecified atom stereocenters. The molecule has 3 nitrogen and oxygen atoms in total. The second-order valence-electron chi connectivity index (χ2n) is 5.28. The first-order valence-electron chi connectivity index (χ1n) is 6.51. The summed E-state index contributed by atoms with van der Waals surface area (Å²) in [4.78, 5) is 6.89. The van der Waals surface area contributed by atoms with E-state index in [0.717, 1.165) is 5.69 Å². The van der Waals surface area contributed by atoms with Crippen LogP contribution in [0.3, 0.4) is 0 Å². The fourth-order valence-corrected chi connectivity index (χ4v) is 3.43. The summed E-state index contributed by atoms with van der Waals surface area (Å²) in [6, 6.07) is 5.69. The van der Waals surface area contributed by atoms with Gasteiger partial charge in [0.1, 0.15) is 0 Å². The molecule has 2 aliphatic rings. The summed E-state index contributed by atoms with van der Waals surface area (Å²) < 4.78 is 5.54. The summed E-state index contributed by atoms with van der Waals surface area (Å²) in [6.07, 6.45) is 7.36. The highest BCUT2D eigenvalue weighted by Gasteiger charge is 2.40. The predicted molar refractivity (Wildman–Crippen MR) is 68.3 cm³/mol. The Morgan fingerprint density at radius 3 is 2.59 bits per heavy atom. The highest BCUT2D eigenvalue weighted by Crippen LogP contribution is 2.39. The van der Waals surface area contributed by atoms with Crippen LogP contribution in [0.4, 0.5) is 5.69 Å². The second-order valence-corrected chi connectivity index (χ2v) is 5.28. The predicted octanol–water partition coefficient (Wildman–Crippen LogP) is 2.54. The summed E-state index contributed by atoms with van der Waals surface area (Å²) >= 11 is 0. The van der Waals surface area contributed by atoms with Gasteiger partial charge in [-0.1, -0.05) is 0 Å². The van der Waals surface area contributed by atoms with Gasteiger partial charge in [0, 0.05) is 36.8 Å². The molecule has 2 saturated heterocycles. The van der Waals surface area contributed by atoms with Crippen molar-refractivity contribution < 1.29 is 4.74 Å². The molecular formula is C14H20N2O. The maximum atomic E-state index is 5.54. The first kappa shape index (κ1) is 11.0. The lowest BCUT2D eigenvalue weighted by Crippen LogP contribution is -2.45. The molecule has 17 heavy (non-hydrogen) atoms. The summed E-state index contributed by atoms with van der Waals surface area (Å²) in [7, 11) is 1.84. The van der Waals surface area contributed by atoms with Crippen LogP contribution in [0, 0.1) is 6.92 Å². The molecule has 2 aliphatic heterocycles. The van der Waals surface area contributed by atoms with E-state index < -0.39 is 0 Å². The number of hydrogen-bond acceptors (Lipinski definition) is 3. The molecule has 0 spiro atoms. The van der Waals surface area contributed by atoms with Crippen molar-refractivity contribution in [2.24, 2.45) is 0 Å². The third-order valence-electron chi connectivity index (χ3n) is 4.20. The van der Waals surface area contributed by atoms with Crippen LogP contribution >= 0.6 is 0 Å². The Labute approximate surface area is 103 Å².